The molecule has 4 rings (SSSR count). The molecular formula is C21H14Cl2N4. The van der Waals surface area contributed by atoms with Gasteiger partial charge in [-0.2, -0.15) is 5.10 Å². The van der Waals surface area contributed by atoms with Crippen molar-refractivity contribution in [3.8, 4) is 11.4 Å². The van der Waals surface area contributed by atoms with E-state index in [1.807, 2.05) is 72.8 Å². The first-order chi connectivity index (χ1) is 13.2. The molecule has 0 fully saturated rings. The second-order valence-electron chi connectivity index (χ2n) is 5.81. The molecule has 0 aliphatic heterocycles. The lowest BCUT2D eigenvalue weighted by Crippen LogP contribution is -1.99. The van der Waals surface area contributed by atoms with E-state index in [0.29, 0.717) is 21.7 Å². The molecule has 27 heavy (non-hydrogen) atoms. The van der Waals surface area contributed by atoms with Crippen LogP contribution < -0.4 is 5.43 Å². The first-order valence-electron chi connectivity index (χ1n) is 8.27. The fourth-order valence-electron chi connectivity index (χ4n) is 2.63. The molecule has 0 saturated carbocycles. The van der Waals surface area contributed by atoms with E-state index < -0.39 is 0 Å². The Morgan fingerprint density at radius 1 is 0.815 bits per heavy atom. The number of hydrogen-bond acceptors (Lipinski definition) is 4. The Kier molecular flexibility index (Phi) is 5.01. The lowest BCUT2D eigenvalue weighted by molar-refractivity contribution is 1.19. The predicted molar refractivity (Wildman–Crippen MR) is 113 cm³/mol. The number of hydrazone groups is 1. The summed E-state index contributed by atoms with van der Waals surface area (Å²) < 4.78 is 0. The largest absolute Gasteiger partial charge is 0.261 e. The maximum atomic E-state index is 6.16. The third kappa shape index (κ3) is 3.92. The van der Waals surface area contributed by atoms with E-state index in [9.17, 15) is 0 Å². The molecule has 0 spiro atoms. The highest BCUT2D eigenvalue weighted by Gasteiger charge is 2.09. The first kappa shape index (κ1) is 17.5. The van der Waals surface area contributed by atoms with Gasteiger partial charge >= 0.3 is 0 Å². The average molecular weight is 393 g/mol. The minimum atomic E-state index is 0.598. The standard InChI is InChI=1S/C21H14Cl2N4/c22-16-11-9-14(10-12-16)20-25-19-8-4-2-6-17(19)21(26-20)27-24-13-15-5-1-3-7-18(15)23/h1-13H,(H,25,26,27)/b24-13-. The van der Waals surface area contributed by atoms with E-state index in [0.717, 1.165) is 22.0 Å². The number of aromatic nitrogens is 2. The molecule has 0 aliphatic carbocycles. The summed E-state index contributed by atoms with van der Waals surface area (Å²) >= 11 is 12.1. The van der Waals surface area contributed by atoms with Gasteiger partial charge in [-0.25, -0.2) is 9.97 Å². The Morgan fingerprint density at radius 2 is 1.56 bits per heavy atom. The maximum absolute atomic E-state index is 6.16. The SMILES string of the molecule is Clc1ccc(-c2nc(N/N=C\c3ccccc3Cl)c3ccccc3n2)cc1. The van der Waals surface area contributed by atoms with Gasteiger partial charge in [-0.05, 0) is 42.5 Å². The second kappa shape index (κ2) is 7.74. The summed E-state index contributed by atoms with van der Waals surface area (Å²) in [4.78, 5) is 9.29. The lowest BCUT2D eigenvalue weighted by Gasteiger charge is -2.08. The van der Waals surface area contributed by atoms with Crippen molar-refractivity contribution >= 4 is 46.1 Å². The van der Waals surface area contributed by atoms with Gasteiger partial charge in [-0.1, -0.05) is 53.5 Å². The summed E-state index contributed by atoms with van der Waals surface area (Å²) in [5.41, 5.74) is 5.55. The van der Waals surface area contributed by atoms with Gasteiger partial charge in [0.2, 0.25) is 0 Å². The van der Waals surface area contributed by atoms with Gasteiger partial charge in [0.1, 0.15) is 0 Å². The van der Waals surface area contributed by atoms with Crippen LogP contribution in [0.15, 0.2) is 77.9 Å². The summed E-state index contributed by atoms with van der Waals surface area (Å²) in [7, 11) is 0. The van der Waals surface area contributed by atoms with Crippen molar-refractivity contribution in [1.29, 1.82) is 0 Å². The van der Waals surface area contributed by atoms with Crippen molar-refractivity contribution in [3.05, 3.63) is 88.4 Å². The van der Waals surface area contributed by atoms with E-state index in [1.165, 1.54) is 0 Å². The molecule has 0 amide bonds. The van der Waals surface area contributed by atoms with Gasteiger partial charge in [-0.15, -0.1) is 0 Å². The molecule has 0 radical (unpaired) electrons. The molecule has 6 heteroatoms. The number of halogens is 2. The number of anilines is 1. The maximum Gasteiger partial charge on any atom is 0.162 e. The van der Waals surface area contributed by atoms with Crippen molar-refractivity contribution in [1.82, 2.24) is 9.97 Å². The minimum Gasteiger partial charge on any atom is -0.261 e. The van der Waals surface area contributed by atoms with Crippen LogP contribution in [0.4, 0.5) is 5.82 Å². The van der Waals surface area contributed by atoms with Crippen LogP contribution in [0.1, 0.15) is 5.56 Å². The Hall–Kier alpha value is -2.95. The number of nitrogens with one attached hydrogen (secondary N) is 1. The number of fused-ring (bicyclic) bond motifs is 1. The molecule has 1 aromatic heterocycles. The molecule has 4 nitrogen and oxygen atoms in total. The summed E-state index contributed by atoms with van der Waals surface area (Å²) in [5.74, 6) is 1.22. The highest BCUT2D eigenvalue weighted by molar-refractivity contribution is 6.33. The zero-order valence-electron chi connectivity index (χ0n) is 14.1. The van der Waals surface area contributed by atoms with Crippen LogP contribution in [0.25, 0.3) is 22.3 Å². The van der Waals surface area contributed by atoms with Gasteiger partial charge < -0.3 is 0 Å². The highest BCUT2D eigenvalue weighted by Crippen LogP contribution is 2.25. The van der Waals surface area contributed by atoms with Crippen LogP contribution >= 0.6 is 23.2 Å². The van der Waals surface area contributed by atoms with E-state index in [1.54, 1.807) is 6.21 Å². The average Bonchev–Trinajstić information content (AvgIpc) is 2.70. The normalized spacial score (nSPS) is 11.2. The van der Waals surface area contributed by atoms with Crippen LogP contribution in [-0.4, -0.2) is 16.2 Å². The first-order valence-corrected chi connectivity index (χ1v) is 9.02. The minimum absolute atomic E-state index is 0.598. The fourth-order valence-corrected chi connectivity index (χ4v) is 2.94. The van der Waals surface area contributed by atoms with Crippen LogP contribution in [0.5, 0.6) is 0 Å². The van der Waals surface area contributed by atoms with Crippen LogP contribution in [-0.2, 0) is 0 Å². The third-order valence-electron chi connectivity index (χ3n) is 3.98. The van der Waals surface area contributed by atoms with Crippen LogP contribution in [0.2, 0.25) is 10.0 Å². The Bertz CT molecular complexity index is 1120. The van der Waals surface area contributed by atoms with Gasteiger partial charge in [0.25, 0.3) is 0 Å². The van der Waals surface area contributed by atoms with Gasteiger partial charge in [-0.3, -0.25) is 5.43 Å². The van der Waals surface area contributed by atoms with Crippen LogP contribution in [0.3, 0.4) is 0 Å². The molecule has 1 N–H and O–H groups in total. The fraction of sp³-hybridized carbons (Fsp3) is 0. The molecule has 0 saturated heterocycles. The zero-order valence-corrected chi connectivity index (χ0v) is 15.6. The zero-order chi connectivity index (χ0) is 18.6. The third-order valence-corrected chi connectivity index (χ3v) is 4.58. The van der Waals surface area contributed by atoms with Crippen molar-refractivity contribution < 1.29 is 0 Å². The summed E-state index contributed by atoms with van der Waals surface area (Å²) in [6.45, 7) is 0. The molecule has 0 unspecified atom stereocenters. The highest BCUT2D eigenvalue weighted by atomic mass is 35.5. The number of para-hydroxylation sites is 1. The number of hydrogen-bond donors (Lipinski definition) is 1. The predicted octanol–water partition coefficient (Wildman–Crippen LogP) is 6.05. The summed E-state index contributed by atoms with van der Waals surface area (Å²) in [6.07, 6.45) is 1.67. The van der Waals surface area contributed by atoms with Gasteiger partial charge in [0.15, 0.2) is 11.6 Å². The van der Waals surface area contributed by atoms with E-state index in [2.05, 4.69) is 20.5 Å². The molecule has 4 aromatic rings. The monoisotopic (exact) mass is 392 g/mol. The van der Waals surface area contributed by atoms with Crippen molar-refractivity contribution in [3.63, 3.8) is 0 Å². The van der Waals surface area contributed by atoms with Gasteiger partial charge in [0.05, 0.1) is 11.7 Å². The Balaban J connectivity index is 1.72. The summed E-state index contributed by atoms with van der Waals surface area (Å²) in [6, 6.07) is 22.7. The van der Waals surface area contributed by atoms with E-state index in [4.69, 9.17) is 23.2 Å². The van der Waals surface area contributed by atoms with E-state index in [-0.39, 0.29) is 0 Å². The van der Waals surface area contributed by atoms with E-state index >= 15 is 0 Å². The lowest BCUT2D eigenvalue weighted by atomic mass is 10.2. The molecule has 1 heterocycles. The quantitative estimate of drug-likeness (QED) is 0.339. The second-order valence-corrected chi connectivity index (χ2v) is 6.66. The molecule has 132 valence electrons. The van der Waals surface area contributed by atoms with Crippen molar-refractivity contribution in [2.24, 2.45) is 5.10 Å². The van der Waals surface area contributed by atoms with Gasteiger partial charge in [0, 0.05) is 26.6 Å². The number of nitrogens with zero attached hydrogens (tertiary/aromatic N) is 3. The van der Waals surface area contributed by atoms with Crippen molar-refractivity contribution in [2.75, 3.05) is 5.43 Å². The number of rotatable bonds is 4. The van der Waals surface area contributed by atoms with Crippen molar-refractivity contribution in [2.45, 2.75) is 0 Å². The Labute approximate surface area is 166 Å². The smallest absolute Gasteiger partial charge is 0.162 e. The van der Waals surface area contributed by atoms with Crippen LogP contribution in [0, 0.1) is 0 Å². The summed E-state index contributed by atoms with van der Waals surface area (Å²) in [5, 5.41) is 6.49. The Morgan fingerprint density at radius 3 is 2.37 bits per heavy atom. The molecule has 0 bridgehead atoms. The molecular weight excluding hydrogens is 379 g/mol. The molecule has 0 aliphatic rings. The topological polar surface area (TPSA) is 50.2 Å². The number of benzene rings is 3. The molecule has 3 aromatic carbocycles. The molecule has 0 atom stereocenters.